The number of methoxy groups -OCH3 is 1. The number of rotatable bonds is 4. The van der Waals surface area contributed by atoms with E-state index in [9.17, 15) is 22.8 Å². The number of ether oxygens (including phenoxy) is 1. The van der Waals surface area contributed by atoms with Crippen molar-refractivity contribution in [3.8, 4) is 11.8 Å². The molecule has 26 heavy (non-hydrogen) atoms. The molecule has 0 saturated carbocycles. The number of halogens is 3. The number of nitrogens with zero attached hydrogens (tertiary/aromatic N) is 2. The fourth-order valence-corrected chi connectivity index (χ4v) is 2.81. The highest BCUT2D eigenvalue weighted by Gasteiger charge is 2.30. The molecule has 1 aromatic carbocycles. The van der Waals surface area contributed by atoms with Gasteiger partial charge in [0.05, 0.1) is 18.4 Å². The second kappa shape index (κ2) is 7.01. The predicted molar refractivity (Wildman–Crippen MR) is 86.7 cm³/mol. The van der Waals surface area contributed by atoms with Gasteiger partial charge in [-0.05, 0) is 30.0 Å². The second-order valence-electron chi connectivity index (χ2n) is 4.91. The Morgan fingerprint density at radius 1 is 1.31 bits per heavy atom. The van der Waals surface area contributed by atoms with Crippen LogP contribution < -0.4 is 11.5 Å². The largest absolute Gasteiger partial charge is 0.464 e. The van der Waals surface area contributed by atoms with Crippen LogP contribution in [0.2, 0.25) is 0 Å². The SMILES string of the molecule is COC(=O)c1c(N)c(C#N)cn1-c1cc(SC(F)(F)F)cc(C(N)=O)c1. The minimum absolute atomic E-state index is 0.0124. The van der Waals surface area contributed by atoms with Crippen molar-refractivity contribution < 1.29 is 27.5 Å². The number of amides is 1. The zero-order valence-electron chi connectivity index (χ0n) is 13.1. The third kappa shape index (κ3) is 3.92. The summed E-state index contributed by atoms with van der Waals surface area (Å²) in [6.45, 7) is 0. The van der Waals surface area contributed by atoms with E-state index >= 15 is 0 Å². The summed E-state index contributed by atoms with van der Waals surface area (Å²) >= 11 is -0.456. The summed E-state index contributed by atoms with van der Waals surface area (Å²) in [4.78, 5) is 23.1. The predicted octanol–water partition coefficient (Wildman–Crippen LogP) is 2.43. The Morgan fingerprint density at radius 3 is 2.46 bits per heavy atom. The molecule has 0 unspecified atom stereocenters. The zero-order chi connectivity index (χ0) is 19.6. The van der Waals surface area contributed by atoms with Gasteiger partial charge < -0.3 is 20.8 Å². The molecule has 1 aromatic heterocycles. The van der Waals surface area contributed by atoms with E-state index in [0.29, 0.717) is 0 Å². The molecular formula is C15H11F3N4O3S. The fraction of sp³-hybridized carbons (Fsp3) is 0.133. The third-order valence-electron chi connectivity index (χ3n) is 3.23. The van der Waals surface area contributed by atoms with Crippen LogP contribution >= 0.6 is 11.8 Å². The van der Waals surface area contributed by atoms with Crippen molar-refractivity contribution in [3.63, 3.8) is 0 Å². The molecule has 11 heteroatoms. The maximum absolute atomic E-state index is 12.7. The van der Waals surface area contributed by atoms with Crippen LogP contribution in [0.15, 0.2) is 29.3 Å². The number of nitrogen functional groups attached to an aromatic ring is 1. The summed E-state index contributed by atoms with van der Waals surface area (Å²) in [5.74, 6) is -1.87. The number of alkyl halides is 3. The molecular weight excluding hydrogens is 373 g/mol. The monoisotopic (exact) mass is 384 g/mol. The summed E-state index contributed by atoms with van der Waals surface area (Å²) in [5.41, 5.74) is 5.55. The van der Waals surface area contributed by atoms with Crippen molar-refractivity contribution in [2.45, 2.75) is 10.4 Å². The van der Waals surface area contributed by atoms with E-state index in [1.54, 1.807) is 6.07 Å². The Kier molecular flexibility index (Phi) is 5.17. The number of thioether (sulfide) groups is 1. The molecule has 7 nitrogen and oxygen atoms in total. The number of esters is 1. The van der Waals surface area contributed by atoms with Gasteiger partial charge in [0, 0.05) is 22.3 Å². The van der Waals surface area contributed by atoms with E-state index in [2.05, 4.69) is 4.74 Å². The van der Waals surface area contributed by atoms with Crippen molar-refractivity contribution in [2.75, 3.05) is 12.8 Å². The maximum atomic E-state index is 12.7. The number of hydrogen-bond donors (Lipinski definition) is 2. The smallest absolute Gasteiger partial charge is 0.446 e. The quantitative estimate of drug-likeness (QED) is 0.616. The van der Waals surface area contributed by atoms with E-state index in [1.807, 2.05) is 0 Å². The van der Waals surface area contributed by atoms with Crippen LogP contribution in [0, 0.1) is 11.3 Å². The van der Waals surface area contributed by atoms with Crippen molar-refractivity contribution in [3.05, 3.63) is 41.2 Å². The molecule has 0 saturated heterocycles. The Morgan fingerprint density at radius 2 is 1.96 bits per heavy atom. The molecule has 0 aliphatic heterocycles. The van der Waals surface area contributed by atoms with Gasteiger partial charge in [-0.15, -0.1) is 0 Å². The minimum atomic E-state index is -4.60. The van der Waals surface area contributed by atoms with E-state index in [-0.39, 0.29) is 33.1 Å². The van der Waals surface area contributed by atoms with Gasteiger partial charge in [-0.25, -0.2) is 4.79 Å². The molecule has 0 atom stereocenters. The number of carbonyl (C=O) groups excluding carboxylic acids is 2. The van der Waals surface area contributed by atoms with Crippen LogP contribution in [0.4, 0.5) is 18.9 Å². The van der Waals surface area contributed by atoms with E-state index in [0.717, 1.165) is 30.0 Å². The first-order valence-corrected chi connectivity index (χ1v) is 7.59. The van der Waals surface area contributed by atoms with Crippen LogP contribution in [-0.2, 0) is 4.74 Å². The van der Waals surface area contributed by atoms with Crippen LogP contribution in [0.5, 0.6) is 0 Å². The number of hydrogen-bond acceptors (Lipinski definition) is 6. The number of primary amides is 1. The molecule has 0 radical (unpaired) electrons. The molecule has 0 bridgehead atoms. The molecule has 2 rings (SSSR count). The van der Waals surface area contributed by atoms with Gasteiger partial charge in [-0.2, -0.15) is 18.4 Å². The zero-order valence-corrected chi connectivity index (χ0v) is 13.9. The lowest BCUT2D eigenvalue weighted by Gasteiger charge is -2.12. The minimum Gasteiger partial charge on any atom is -0.464 e. The van der Waals surface area contributed by atoms with Gasteiger partial charge in [0.1, 0.15) is 6.07 Å². The topological polar surface area (TPSA) is 124 Å². The fourth-order valence-electron chi connectivity index (χ4n) is 2.18. The third-order valence-corrected chi connectivity index (χ3v) is 3.93. The lowest BCUT2D eigenvalue weighted by atomic mass is 10.2. The van der Waals surface area contributed by atoms with Gasteiger partial charge in [-0.1, -0.05) is 0 Å². The van der Waals surface area contributed by atoms with Gasteiger partial charge in [0.2, 0.25) is 5.91 Å². The Balaban J connectivity index is 2.74. The van der Waals surface area contributed by atoms with Gasteiger partial charge in [0.25, 0.3) is 0 Å². The molecule has 0 aliphatic rings. The number of benzene rings is 1. The lowest BCUT2D eigenvalue weighted by Crippen LogP contribution is -2.14. The maximum Gasteiger partial charge on any atom is 0.446 e. The number of anilines is 1. The normalized spacial score (nSPS) is 11.0. The first-order chi connectivity index (χ1) is 12.1. The van der Waals surface area contributed by atoms with Gasteiger partial charge in [-0.3, -0.25) is 4.79 Å². The van der Waals surface area contributed by atoms with E-state index < -0.39 is 29.1 Å². The van der Waals surface area contributed by atoms with Crippen LogP contribution in [-0.4, -0.2) is 29.1 Å². The first-order valence-electron chi connectivity index (χ1n) is 6.77. The average molecular weight is 384 g/mol. The lowest BCUT2D eigenvalue weighted by molar-refractivity contribution is -0.0328. The second-order valence-corrected chi connectivity index (χ2v) is 6.04. The first kappa shape index (κ1) is 19.2. The highest BCUT2D eigenvalue weighted by Crippen LogP contribution is 2.38. The number of carbonyl (C=O) groups is 2. The summed E-state index contributed by atoms with van der Waals surface area (Å²) in [7, 11) is 1.08. The Labute approximate surface area is 149 Å². The van der Waals surface area contributed by atoms with Crippen LogP contribution in [0.3, 0.4) is 0 Å². The molecule has 0 fully saturated rings. The summed E-state index contributed by atoms with van der Waals surface area (Å²) in [5, 5.41) is 9.09. The molecule has 1 amide bonds. The number of nitrogens with two attached hydrogens (primary N) is 2. The van der Waals surface area contributed by atoms with Crippen LogP contribution in [0.1, 0.15) is 26.4 Å². The number of aromatic nitrogens is 1. The molecule has 4 N–H and O–H groups in total. The van der Waals surface area contributed by atoms with Crippen molar-refractivity contribution in [2.24, 2.45) is 5.73 Å². The molecule has 0 spiro atoms. The Bertz CT molecular complexity index is 931. The summed E-state index contributed by atoms with van der Waals surface area (Å²) < 4.78 is 43.8. The summed E-state index contributed by atoms with van der Waals surface area (Å²) in [6.07, 6.45) is 1.16. The van der Waals surface area contributed by atoms with Gasteiger partial charge >= 0.3 is 11.5 Å². The Hall–Kier alpha value is -3.13. The standard InChI is InChI=1S/C15H11F3N4O3S/c1-25-14(24)12-11(20)8(5-19)6-22(12)9-2-7(13(21)23)3-10(4-9)26-15(16,17)18/h2-4,6H,20H2,1H3,(H2,21,23). The summed E-state index contributed by atoms with van der Waals surface area (Å²) in [6, 6.07) is 4.99. The average Bonchev–Trinajstić information content (AvgIpc) is 2.88. The van der Waals surface area contributed by atoms with Crippen molar-refractivity contribution >= 4 is 29.3 Å². The molecule has 0 aliphatic carbocycles. The molecule has 136 valence electrons. The van der Waals surface area contributed by atoms with E-state index in [4.69, 9.17) is 16.7 Å². The van der Waals surface area contributed by atoms with Crippen molar-refractivity contribution in [1.82, 2.24) is 4.57 Å². The van der Waals surface area contributed by atoms with Crippen LogP contribution in [0.25, 0.3) is 5.69 Å². The van der Waals surface area contributed by atoms with Gasteiger partial charge in [0.15, 0.2) is 5.69 Å². The molecule has 1 heterocycles. The highest BCUT2D eigenvalue weighted by molar-refractivity contribution is 8.00. The van der Waals surface area contributed by atoms with Crippen molar-refractivity contribution in [1.29, 1.82) is 5.26 Å². The molecule has 2 aromatic rings. The number of nitriles is 1. The highest BCUT2D eigenvalue weighted by atomic mass is 32.2. The van der Waals surface area contributed by atoms with E-state index in [1.165, 1.54) is 6.07 Å².